The van der Waals surface area contributed by atoms with Crippen LogP contribution >= 0.6 is 0 Å². The van der Waals surface area contributed by atoms with Crippen molar-refractivity contribution in [2.45, 2.75) is 25.6 Å². The minimum atomic E-state index is -4.55. The van der Waals surface area contributed by atoms with Crippen molar-refractivity contribution in [1.82, 2.24) is 15.0 Å². The van der Waals surface area contributed by atoms with Gasteiger partial charge >= 0.3 is 12.1 Å². The van der Waals surface area contributed by atoms with E-state index in [1.807, 2.05) is 0 Å². The second-order valence-corrected chi connectivity index (χ2v) is 3.02. The van der Waals surface area contributed by atoms with Crippen LogP contribution in [0.3, 0.4) is 0 Å². The van der Waals surface area contributed by atoms with Crippen molar-refractivity contribution in [1.29, 1.82) is 0 Å². The number of halogens is 5. The molecule has 0 radical (unpaired) electrons. The standard InChI is InChI=1S/C7H6F5N3O2/c8-5(9)4-3(6(16)17)13-14-15(4)2-1-7(10,11)12/h5H,1-2H2,(H,16,17). The number of carboxylic acid groups (broad SMARTS) is 1. The second kappa shape index (κ2) is 4.63. The van der Waals surface area contributed by atoms with E-state index in [0.717, 1.165) is 0 Å². The number of carbonyl (C=O) groups is 1. The van der Waals surface area contributed by atoms with Gasteiger partial charge in [0.1, 0.15) is 5.69 Å². The Labute approximate surface area is 90.8 Å². The van der Waals surface area contributed by atoms with Gasteiger partial charge in [0.25, 0.3) is 6.43 Å². The van der Waals surface area contributed by atoms with Gasteiger partial charge in [-0.15, -0.1) is 5.10 Å². The molecule has 1 heterocycles. The van der Waals surface area contributed by atoms with Crippen molar-refractivity contribution >= 4 is 5.97 Å². The van der Waals surface area contributed by atoms with Crippen LogP contribution in [0.25, 0.3) is 0 Å². The van der Waals surface area contributed by atoms with Gasteiger partial charge in [-0.05, 0) is 0 Å². The minimum Gasteiger partial charge on any atom is -0.476 e. The average Bonchev–Trinajstić information content (AvgIpc) is 2.56. The van der Waals surface area contributed by atoms with Crippen LogP contribution in [-0.2, 0) is 6.54 Å². The Morgan fingerprint density at radius 3 is 2.41 bits per heavy atom. The van der Waals surface area contributed by atoms with Gasteiger partial charge in [-0.2, -0.15) is 13.2 Å². The molecule has 1 rings (SSSR count). The van der Waals surface area contributed by atoms with Crippen molar-refractivity contribution in [3.8, 4) is 0 Å². The molecule has 96 valence electrons. The van der Waals surface area contributed by atoms with Gasteiger partial charge in [-0.25, -0.2) is 18.3 Å². The topological polar surface area (TPSA) is 68.0 Å². The van der Waals surface area contributed by atoms with E-state index < -0.39 is 42.9 Å². The highest BCUT2D eigenvalue weighted by Gasteiger charge is 2.30. The summed E-state index contributed by atoms with van der Waals surface area (Å²) in [7, 11) is 0. The van der Waals surface area contributed by atoms with Gasteiger partial charge < -0.3 is 5.11 Å². The fraction of sp³-hybridized carbons (Fsp3) is 0.571. The summed E-state index contributed by atoms with van der Waals surface area (Å²) in [5.41, 5.74) is -2.16. The molecule has 0 fully saturated rings. The Morgan fingerprint density at radius 2 is 2.00 bits per heavy atom. The summed E-state index contributed by atoms with van der Waals surface area (Å²) >= 11 is 0. The van der Waals surface area contributed by atoms with Gasteiger partial charge in [-0.1, -0.05) is 5.21 Å². The van der Waals surface area contributed by atoms with Gasteiger partial charge in [0.2, 0.25) is 0 Å². The Hall–Kier alpha value is -1.74. The lowest BCUT2D eigenvalue weighted by Gasteiger charge is -2.08. The first kappa shape index (κ1) is 13.3. The predicted octanol–water partition coefficient (Wildman–Crippen LogP) is 1.87. The number of aromatic nitrogens is 3. The molecule has 0 aliphatic heterocycles. The Kier molecular flexibility index (Phi) is 3.63. The van der Waals surface area contributed by atoms with E-state index in [4.69, 9.17) is 5.11 Å². The van der Waals surface area contributed by atoms with Crippen LogP contribution < -0.4 is 0 Å². The number of carboxylic acids is 1. The van der Waals surface area contributed by atoms with Crippen LogP contribution in [-0.4, -0.2) is 32.2 Å². The molecule has 0 saturated carbocycles. The molecule has 5 nitrogen and oxygen atoms in total. The van der Waals surface area contributed by atoms with E-state index in [0.29, 0.717) is 0 Å². The zero-order chi connectivity index (χ0) is 13.2. The first-order valence-corrected chi connectivity index (χ1v) is 4.24. The third-order valence-electron chi connectivity index (χ3n) is 1.79. The number of hydrogen-bond donors (Lipinski definition) is 1. The van der Waals surface area contributed by atoms with E-state index >= 15 is 0 Å². The maximum Gasteiger partial charge on any atom is 0.390 e. The number of aromatic carboxylic acids is 1. The van der Waals surface area contributed by atoms with E-state index in [1.54, 1.807) is 0 Å². The molecule has 0 saturated heterocycles. The lowest BCUT2D eigenvalue weighted by molar-refractivity contribution is -0.137. The molecule has 1 aromatic heterocycles. The molecular weight excluding hydrogens is 253 g/mol. The van der Waals surface area contributed by atoms with E-state index in [9.17, 15) is 26.7 Å². The zero-order valence-corrected chi connectivity index (χ0v) is 8.08. The van der Waals surface area contributed by atoms with Crippen LogP contribution in [0.2, 0.25) is 0 Å². The molecule has 1 N–H and O–H groups in total. The largest absolute Gasteiger partial charge is 0.476 e. The third-order valence-corrected chi connectivity index (χ3v) is 1.79. The number of hydrogen-bond acceptors (Lipinski definition) is 3. The normalized spacial score (nSPS) is 12.1. The minimum absolute atomic E-state index is 0.252. The molecule has 0 aromatic carbocycles. The molecular formula is C7H6F5N3O2. The van der Waals surface area contributed by atoms with Crippen LogP contribution in [0.5, 0.6) is 0 Å². The lowest BCUT2D eigenvalue weighted by Crippen LogP contribution is -2.15. The molecule has 0 spiro atoms. The fourth-order valence-corrected chi connectivity index (χ4v) is 1.09. The van der Waals surface area contributed by atoms with Crippen molar-refractivity contribution in [3.63, 3.8) is 0 Å². The Balaban J connectivity index is 2.97. The molecule has 17 heavy (non-hydrogen) atoms. The quantitative estimate of drug-likeness (QED) is 0.838. The van der Waals surface area contributed by atoms with Crippen molar-refractivity contribution in [2.75, 3.05) is 0 Å². The van der Waals surface area contributed by atoms with E-state index in [-0.39, 0.29) is 4.68 Å². The molecule has 1 aromatic rings. The predicted molar refractivity (Wildman–Crippen MR) is 42.6 cm³/mol. The van der Waals surface area contributed by atoms with Crippen molar-refractivity contribution in [3.05, 3.63) is 11.4 Å². The SMILES string of the molecule is O=C(O)c1nnn(CCC(F)(F)F)c1C(F)F. The van der Waals surface area contributed by atoms with Gasteiger partial charge in [0, 0.05) is 0 Å². The van der Waals surface area contributed by atoms with E-state index in [2.05, 4.69) is 10.3 Å². The average molecular weight is 259 g/mol. The zero-order valence-electron chi connectivity index (χ0n) is 8.08. The molecule has 0 bridgehead atoms. The Bertz CT molecular complexity index is 414. The smallest absolute Gasteiger partial charge is 0.390 e. The molecule has 0 unspecified atom stereocenters. The third kappa shape index (κ3) is 3.36. The molecule has 0 aliphatic rings. The molecule has 10 heteroatoms. The van der Waals surface area contributed by atoms with Crippen LogP contribution in [0.1, 0.15) is 29.0 Å². The summed E-state index contributed by atoms with van der Waals surface area (Å²) < 4.78 is 60.8. The molecule has 0 atom stereocenters. The lowest BCUT2D eigenvalue weighted by atomic mass is 10.3. The summed E-state index contributed by atoms with van der Waals surface area (Å²) in [5, 5.41) is 14.4. The first-order valence-electron chi connectivity index (χ1n) is 4.24. The van der Waals surface area contributed by atoms with Crippen LogP contribution in [0, 0.1) is 0 Å². The number of alkyl halides is 5. The summed E-state index contributed by atoms with van der Waals surface area (Å²) in [5.74, 6) is -1.77. The Morgan fingerprint density at radius 1 is 1.41 bits per heavy atom. The number of nitrogens with zero attached hydrogens (tertiary/aromatic N) is 3. The van der Waals surface area contributed by atoms with E-state index in [1.165, 1.54) is 0 Å². The first-order chi connectivity index (χ1) is 7.72. The van der Waals surface area contributed by atoms with Crippen LogP contribution in [0.4, 0.5) is 22.0 Å². The van der Waals surface area contributed by atoms with Gasteiger partial charge in [0.15, 0.2) is 5.69 Å². The summed E-state index contributed by atoms with van der Waals surface area (Å²) in [6, 6.07) is 0. The van der Waals surface area contributed by atoms with Crippen molar-refractivity contribution < 1.29 is 31.9 Å². The molecule has 0 amide bonds. The molecule has 0 aliphatic carbocycles. The van der Waals surface area contributed by atoms with Crippen LogP contribution in [0.15, 0.2) is 0 Å². The second-order valence-electron chi connectivity index (χ2n) is 3.02. The number of rotatable bonds is 4. The number of aryl methyl sites for hydroxylation is 1. The summed E-state index contributed by atoms with van der Waals surface area (Å²) in [6.45, 7) is -0.899. The monoisotopic (exact) mass is 259 g/mol. The van der Waals surface area contributed by atoms with Gasteiger partial charge in [0.05, 0.1) is 13.0 Å². The van der Waals surface area contributed by atoms with Gasteiger partial charge in [-0.3, -0.25) is 0 Å². The summed E-state index contributed by atoms with van der Waals surface area (Å²) in [6.07, 6.45) is -9.20. The fourth-order valence-electron chi connectivity index (χ4n) is 1.09. The highest BCUT2D eigenvalue weighted by molar-refractivity contribution is 5.86. The van der Waals surface area contributed by atoms with Crippen molar-refractivity contribution in [2.24, 2.45) is 0 Å². The summed E-state index contributed by atoms with van der Waals surface area (Å²) in [4.78, 5) is 10.5. The maximum absolute atomic E-state index is 12.5. The highest BCUT2D eigenvalue weighted by atomic mass is 19.4. The highest BCUT2D eigenvalue weighted by Crippen LogP contribution is 2.24. The maximum atomic E-state index is 12.5.